The molecule has 1 aromatic carbocycles. The van der Waals surface area contributed by atoms with Crippen molar-refractivity contribution in [3.63, 3.8) is 0 Å². The molecular formula is C14H21ClN2O. The molecule has 1 rings (SSSR count). The number of hydrogen-bond acceptors (Lipinski definition) is 1. The van der Waals surface area contributed by atoms with Gasteiger partial charge in [0.25, 0.3) is 0 Å². The molecule has 0 saturated carbocycles. The van der Waals surface area contributed by atoms with Crippen LogP contribution < -0.4 is 10.6 Å². The summed E-state index contributed by atoms with van der Waals surface area (Å²) in [5, 5.41) is 6.27. The Hall–Kier alpha value is -1.22. The lowest BCUT2D eigenvalue weighted by Gasteiger charge is -2.07. The number of anilines is 1. The molecule has 2 N–H and O–H groups in total. The average Bonchev–Trinajstić information content (AvgIpc) is 2.36. The lowest BCUT2D eigenvalue weighted by molar-refractivity contribution is 0.252. The van der Waals surface area contributed by atoms with Crippen LogP contribution in [0.4, 0.5) is 10.5 Å². The van der Waals surface area contributed by atoms with Gasteiger partial charge in [0, 0.05) is 17.3 Å². The van der Waals surface area contributed by atoms with E-state index in [2.05, 4.69) is 17.6 Å². The topological polar surface area (TPSA) is 41.1 Å². The summed E-state index contributed by atoms with van der Waals surface area (Å²) in [7, 11) is 0. The molecule has 1 aromatic rings. The van der Waals surface area contributed by atoms with E-state index in [1.54, 1.807) is 24.3 Å². The summed E-state index contributed by atoms with van der Waals surface area (Å²) < 4.78 is 0. The van der Waals surface area contributed by atoms with Gasteiger partial charge in [0.2, 0.25) is 0 Å². The monoisotopic (exact) mass is 268 g/mol. The van der Waals surface area contributed by atoms with E-state index in [9.17, 15) is 4.79 Å². The van der Waals surface area contributed by atoms with Crippen LogP contribution in [-0.4, -0.2) is 12.6 Å². The third kappa shape index (κ3) is 6.50. The van der Waals surface area contributed by atoms with E-state index in [4.69, 9.17) is 11.6 Å². The molecular weight excluding hydrogens is 248 g/mol. The van der Waals surface area contributed by atoms with Crippen molar-refractivity contribution in [3.05, 3.63) is 29.3 Å². The van der Waals surface area contributed by atoms with E-state index < -0.39 is 0 Å². The van der Waals surface area contributed by atoms with E-state index >= 15 is 0 Å². The van der Waals surface area contributed by atoms with E-state index in [0.717, 1.165) is 18.7 Å². The Kier molecular flexibility index (Phi) is 7.26. The van der Waals surface area contributed by atoms with Gasteiger partial charge in [-0.25, -0.2) is 4.79 Å². The van der Waals surface area contributed by atoms with Gasteiger partial charge in [0.15, 0.2) is 0 Å². The zero-order valence-corrected chi connectivity index (χ0v) is 11.6. The lowest BCUT2D eigenvalue weighted by Crippen LogP contribution is -2.29. The zero-order valence-electron chi connectivity index (χ0n) is 10.8. The van der Waals surface area contributed by atoms with Crippen LogP contribution in [0.3, 0.4) is 0 Å². The summed E-state index contributed by atoms with van der Waals surface area (Å²) in [6.07, 6.45) is 5.97. The molecule has 0 spiro atoms. The van der Waals surface area contributed by atoms with Crippen LogP contribution >= 0.6 is 11.6 Å². The van der Waals surface area contributed by atoms with E-state index in [-0.39, 0.29) is 6.03 Å². The molecule has 0 aliphatic carbocycles. The molecule has 3 nitrogen and oxygen atoms in total. The number of carbonyl (C=O) groups is 1. The maximum absolute atomic E-state index is 11.5. The van der Waals surface area contributed by atoms with Gasteiger partial charge in [0.05, 0.1) is 0 Å². The Morgan fingerprint density at radius 2 is 1.78 bits per heavy atom. The highest BCUT2D eigenvalue weighted by Crippen LogP contribution is 2.13. The maximum Gasteiger partial charge on any atom is 0.319 e. The van der Waals surface area contributed by atoms with Gasteiger partial charge in [0.1, 0.15) is 0 Å². The molecule has 18 heavy (non-hydrogen) atoms. The average molecular weight is 269 g/mol. The molecule has 4 heteroatoms. The first kappa shape index (κ1) is 14.8. The highest BCUT2D eigenvalue weighted by Gasteiger charge is 2.00. The van der Waals surface area contributed by atoms with Crippen molar-refractivity contribution >= 4 is 23.3 Å². The van der Waals surface area contributed by atoms with Crippen LogP contribution in [0.1, 0.15) is 39.0 Å². The van der Waals surface area contributed by atoms with Crippen molar-refractivity contribution in [2.45, 2.75) is 39.0 Å². The van der Waals surface area contributed by atoms with Crippen molar-refractivity contribution < 1.29 is 4.79 Å². The number of hydrogen-bond donors (Lipinski definition) is 2. The van der Waals surface area contributed by atoms with Gasteiger partial charge < -0.3 is 10.6 Å². The van der Waals surface area contributed by atoms with Crippen molar-refractivity contribution in [3.8, 4) is 0 Å². The van der Waals surface area contributed by atoms with Gasteiger partial charge in [-0.15, -0.1) is 0 Å². The summed E-state index contributed by atoms with van der Waals surface area (Å²) in [4.78, 5) is 11.5. The molecule has 0 bridgehead atoms. The molecule has 0 heterocycles. The van der Waals surface area contributed by atoms with E-state index in [1.807, 2.05) is 0 Å². The molecule has 0 saturated heterocycles. The highest BCUT2D eigenvalue weighted by atomic mass is 35.5. The van der Waals surface area contributed by atoms with Crippen molar-refractivity contribution in [2.24, 2.45) is 0 Å². The Bertz CT molecular complexity index is 351. The number of nitrogens with one attached hydrogen (secondary N) is 2. The summed E-state index contributed by atoms with van der Waals surface area (Å²) in [6, 6.07) is 6.91. The molecule has 0 atom stereocenters. The van der Waals surface area contributed by atoms with Crippen LogP contribution in [0.15, 0.2) is 24.3 Å². The molecule has 0 radical (unpaired) electrons. The summed E-state index contributed by atoms with van der Waals surface area (Å²) >= 11 is 5.76. The minimum Gasteiger partial charge on any atom is -0.338 e. The summed E-state index contributed by atoms with van der Waals surface area (Å²) in [5.74, 6) is 0. The molecule has 2 amide bonds. The number of unbranched alkanes of at least 4 members (excludes halogenated alkanes) is 4. The van der Waals surface area contributed by atoms with Gasteiger partial charge in [-0.05, 0) is 30.7 Å². The van der Waals surface area contributed by atoms with Crippen LogP contribution in [0, 0.1) is 0 Å². The maximum atomic E-state index is 11.5. The van der Waals surface area contributed by atoms with Crippen LogP contribution in [-0.2, 0) is 0 Å². The number of rotatable bonds is 7. The Labute approximate surface area is 114 Å². The quantitative estimate of drug-likeness (QED) is 0.706. The predicted molar refractivity (Wildman–Crippen MR) is 77.2 cm³/mol. The summed E-state index contributed by atoms with van der Waals surface area (Å²) in [6.45, 7) is 2.92. The molecule has 0 aromatic heterocycles. The molecule has 0 unspecified atom stereocenters. The zero-order chi connectivity index (χ0) is 13.2. The van der Waals surface area contributed by atoms with E-state index in [1.165, 1.54) is 25.7 Å². The Morgan fingerprint density at radius 1 is 1.11 bits per heavy atom. The number of amides is 2. The molecule has 100 valence electrons. The fourth-order valence-corrected chi connectivity index (χ4v) is 1.76. The highest BCUT2D eigenvalue weighted by molar-refractivity contribution is 6.30. The van der Waals surface area contributed by atoms with Crippen LogP contribution in [0.2, 0.25) is 5.02 Å². The standard InChI is InChI=1S/C14H21ClN2O/c1-2-3-4-5-6-11-16-14(18)17-13-9-7-12(15)8-10-13/h7-10H,2-6,11H2,1H3,(H2,16,17,18). The number of benzene rings is 1. The third-order valence-electron chi connectivity index (χ3n) is 2.67. The second-order valence-electron chi connectivity index (χ2n) is 4.30. The van der Waals surface area contributed by atoms with Gasteiger partial charge in [-0.3, -0.25) is 0 Å². The van der Waals surface area contributed by atoms with Crippen molar-refractivity contribution in [1.82, 2.24) is 5.32 Å². The first-order chi connectivity index (χ1) is 8.72. The largest absolute Gasteiger partial charge is 0.338 e. The second kappa shape index (κ2) is 8.81. The number of carbonyl (C=O) groups excluding carboxylic acids is 1. The SMILES string of the molecule is CCCCCCCNC(=O)Nc1ccc(Cl)cc1. The molecule has 0 aliphatic heterocycles. The van der Waals surface area contributed by atoms with E-state index in [0.29, 0.717) is 5.02 Å². The first-order valence-electron chi connectivity index (χ1n) is 6.53. The first-order valence-corrected chi connectivity index (χ1v) is 6.90. The number of halogens is 1. The van der Waals surface area contributed by atoms with Gasteiger partial charge in [-0.2, -0.15) is 0 Å². The van der Waals surface area contributed by atoms with Crippen molar-refractivity contribution in [1.29, 1.82) is 0 Å². The van der Waals surface area contributed by atoms with Crippen molar-refractivity contribution in [2.75, 3.05) is 11.9 Å². The predicted octanol–water partition coefficient (Wildman–Crippen LogP) is 4.43. The summed E-state index contributed by atoms with van der Waals surface area (Å²) in [5.41, 5.74) is 0.753. The lowest BCUT2D eigenvalue weighted by atomic mass is 10.1. The Morgan fingerprint density at radius 3 is 2.44 bits per heavy atom. The van der Waals surface area contributed by atoms with Gasteiger partial charge in [-0.1, -0.05) is 44.2 Å². The molecule has 0 fully saturated rings. The third-order valence-corrected chi connectivity index (χ3v) is 2.92. The van der Waals surface area contributed by atoms with Crippen LogP contribution in [0.5, 0.6) is 0 Å². The Balaban J connectivity index is 2.12. The fourth-order valence-electron chi connectivity index (χ4n) is 1.64. The second-order valence-corrected chi connectivity index (χ2v) is 4.74. The minimum atomic E-state index is -0.159. The smallest absolute Gasteiger partial charge is 0.319 e. The minimum absolute atomic E-state index is 0.159. The fraction of sp³-hybridized carbons (Fsp3) is 0.500. The number of urea groups is 1. The van der Waals surface area contributed by atoms with Gasteiger partial charge >= 0.3 is 6.03 Å². The molecule has 0 aliphatic rings. The normalized spacial score (nSPS) is 10.1. The van der Waals surface area contributed by atoms with Crippen LogP contribution in [0.25, 0.3) is 0 Å².